The number of nitrogens with two attached hydrogens (primary N) is 1. The fourth-order valence-corrected chi connectivity index (χ4v) is 4.61. The molecule has 0 spiro atoms. The number of hydrogen-bond donors (Lipinski definition) is 1. The van der Waals surface area contributed by atoms with Crippen LogP contribution in [0.25, 0.3) is 31.9 Å². The van der Waals surface area contributed by atoms with Crippen molar-refractivity contribution in [1.29, 1.82) is 0 Å². The molecule has 130 valence electrons. The van der Waals surface area contributed by atoms with Gasteiger partial charge in [-0.3, -0.25) is 0 Å². The van der Waals surface area contributed by atoms with Crippen molar-refractivity contribution < 1.29 is 9.53 Å². The largest absolute Gasteiger partial charge is 0.462 e. The Labute approximate surface area is 158 Å². The lowest BCUT2D eigenvalue weighted by atomic mass is 10.0. The zero-order valence-corrected chi connectivity index (χ0v) is 15.7. The van der Waals surface area contributed by atoms with Crippen molar-refractivity contribution in [3.8, 4) is 21.7 Å². The number of carbonyl (C=O) groups excluding carboxylic acids is 1. The molecule has 0 amide bonds. The third-order valence-electron chi connectivity index (χ3n) is 4.02. The highest BCUT2D eigenvalue weighted by atomic mass is 32.1. The first-order chi connectivity index (χ1) is 12.7. The van der Waals surface area contributed by atoms with Gasteiger partial charge in [-0.1, -0.05) is 36.4 Å². The summed E-state index contributed by atoms with van der Waals surface area (Å²) < 4.78 is 5.15. The zero-order chi connectivity index (χ0) is 18.1. The monoisotopic (exact) mass is 380 g/mol. The molecule has 0 unspecified atom stereocenters. The van der Waals surface area contributed by atoms with Gasteiger partial charge >= 0.3 is 5.97 Å². The summed E-state index contributed by atoms with van der Waals surface area (Å²) in [4.78, 5) is 19.3. The number of aromatic nitrogens is 1. The Morgan fingerprint density at radius 3 is 2.69 bits per heavy atom. The van der Waals surface area contributed by atoms with Crippen LogP contribution in [0.5, 0.6) is 0 Å². The second-order valence-electron chi connectivity index (χ2n) is 5.64. The Bertz CT molecular complexity index is 1070. The van der Waals surface area contributed by atoms with E-state index in [4.69, 9.17) is 15.5 Å². The van der Waals surface area contributed by atoms with E-state index in [0.717, 1.165) is 31.9 Å². The second kappa shape index (κ2) is 6.90. The van der Waals surface area contributed by atoms with Gasteiger partial charge in [-0.2, -0.15) is 0 Å². The van der Waals surface area contributed by atoms with Gasteiger partial charge in [-0.25, -0.2) is 9.78 Å². The number of benzene rings is 1. The van der Waals surface area contributed by atoms with Gasteiger partial charge in [0, 0.05) is 21.4 Å². The Hall–Kier alpha value is -2.70. The van der Waals surface area contributed by atoms with Crippen molar-refractivity contribution in [3.05, 3.63) is 58.8 Å². The number of nitrogens with zero attached hydrogens (tertiary/aromatic N) is 1. The lowest BCUT2D eigenvalue weighted by molar-refractivity contribution is 0.0533. The summed E-state index contributed by atoms with van der Waals surface area (Å²) in [5.41, 5.74) is 9.66. The summed E-state index contributed by atoms with van der Waals surface area (Å²) in [5.74, 6) is -0.397. The molecule has 0 atom stereocenters. The Balaban J connectivity index is 1.99. The highest BCUT2D eigenvalue weighted by Crippen LogP contribution is 2.42. The molecule has 0 aliphatic rings. The van der Waals surface area contributed by atoms with Crippen LogP contribution in [0.1, 0.15) is 16.6 Å². The summed E-state index contributed by atoms with van der Waals surface area (Å²) in [6.45, 7) is 2.09. The predicted molar refractivity (Wildman–Crippen MR) is 109 cm³/mol. The zero-order valence-electron chi connectivity index (χ0n) is 14.1. The highest BCUT2D eigenvalue weighted by Gasteiger charge is 2.22. The topological polar surface area (TPSA) is 65.2 Å². The maximum absolute atomic E-state index is 12.3. The molecule has 0 saturated heterocycles. The van der Waals surface area contributed by atoms with Crippen LogP contribution in [-0.4, -0.2) is 17.6 Å². The molecule has 0 bridgehead atoms. The van der Waals surface area contributed by atoms with Crippen LogP contribution in [0.4, 0.5) is 5.69 Å². The lowest BCUT2D eigenvalue weighted by Crippen LogP contribution is -2.04. The molecule has 4 aromatic rings. The van der Waals surface area contributed by atoms with Crippen molar-refractivity contribution in [1.82, 2.24) is 4.98 Å². The van der Waals surface area contributed by atoms with Crippen molar-refractivity contribution in [3.63, 3.8) is 0 Å². The van der Waals surface area contributed by atoms with Crippen LogP contribution in [0, 0.1) is 0 Å². The van der Waals surface area contributed by atoms with Crippen LogP contribution in [-0.2, 0) is 4.74 Å². The van der Waals surface area contributed by atoms with E-state index in [0.29, 0.717) is 17.2 Å². The molecule has 3 heterocycles. The van der Waals surface area contributed by atoms with E-state index in [1.807, 2.05) is 47.8 Å². The highest BCUT2D eigenvalue weighted by molar-refractivity contribution is 7.21. The number of nitrogen functional groups attached to an aromatic ring is 1. The van der Waals surface area contributed by atoms with E-state index >= 15 is 0 Å². The van der Waals surface area contributed by atoms with Crippen molar-refractivity contribution in [2.45, 2.75) is 6.92 Å². The van der Waals surface area contributed by atoms with Gasteiger partial charge in [-0.15, -0.1) is 22.7 Å². The van der Waals surface area contributed by atoms with E-state index in [9.17, 15) is 4.79 Å². The van der Waals surface area contributed by atoms with Crippen LogP contribution >= 0.6 is 22.7 Å². The summed E-state index contributed by atoms with van der Waals surface area (Å²) in [6, 6.07) is 16.1. The summed E-state index contributed by atoms with van der Waals surface area (Å²) in [6.07, 6.45) is 0. The summed E-state index contributed by atoms with van der Waals surface area (Å²) in [7, 11) is 0. The number of hydrogen-bond acceptors (Lipinski definition) is 6. The number of ether oxygens (including phenoxy) is 1. The number of thiophene rings is 2. The van der Waals surface area contributed by atoms with Crippen LogP contribution in [0.2, 0.25) is 0 Å². The fourth-order valence-electron chi connectivity index (χ4n) is 2.85. The molecule has 1 aromatic carbocycles. The minimum Gasteiger partial charge on any atom is -0.462 e. The van der Waals surface area contributed by atoms with Crippen molar-refractivity contribution >= 4 is 44.5 Å². The standard InChI is InChI=1S/C20H16N2O2S2/c1-2-24-20(23)18-17(21)16-13(15-9-6-10-25-15)11-14(22-19(16)26-18)12-7-4-3-5-8-12/h3-11H,2,21H2,1H3. The fraction of sp³-hybridized carbons (Fsp3) is 0.100. The summed E-state index contributed by atoms with van der Waals surface area (Å²) >= 11 is 2.92. The van der Waals surface area contributed by atoms with Crippen molar-refractivity contribution in [2.75, 3.05) is 12.3 Å². The molecule has 0 aliphatic heterocycles. The Morgan fingerprint density at radius 1 is 1.19 bits per heavy atom. The molecule has 0 aliphatic carbocycles. The minimum atomic E-state index is -0.397. The smallest absolute Gasteiger partial charge is 0.350 e. The number of esters is 1. The molecule has 0 fully saturated rings. The number of pyridine rings is 1. The third kappa shape index (κ3) is 2.87. The molecular formula is C20H16N2O2S2. The Morgan fingerprint density at radius 2 is 2.00 bits per heavy atom. The Kier molecular flexibility index (Phi) is 4.44. The predicted octanol–water partition coefficient (Wildman–Crippen LogP) is 5.45. The maximum Gasteiger partial charge on any atom is 0.350 e. The van der Waals surface area contributed by atoms with Crippen LogP contribution < -0.4 is 5.73 Å². The molecule has 6 heteroatoms. The number of anilines is 1. The van der Waals surface area contributed by atoms with Gasteiger partial charge in [-0.05, 0) is 24.4 Å². The first-order valence-electron chi connectivity index (χ1n) is 8.18. The molecule has 0 radical (unpaired) electrons. The molecule has 0 saturated carbocycles. The maximum atomic E-state index is 12.3. The van der Waals surface area contributed by atoms with Gasteiger partial charge in [0.2, 0.25) is 0 Å². The average molecular weight is 380 g/mol. The van der Waals surface area contributed by atoms with Gasteiger partial charge in [0.15, 0.2) is 0 Å². The molecule has 4 rings (SSSR count). The SMILES string of the molecule is CCOC(=O)c1sc2nc(-c3ccccc3)cc(-c3cccs3)c2c1N. The van der Waals surface area contributed by atoms with Gasteiger partial charge < -0.3 is 10.5 Å². The average Bonchev–Trinajstić information content (AvgIpc) is 3.30. The van der Waals surface area contributed by atoms with Gasteiger partial charge in [0.1, 0.15) is 9.71 Å². The second-order valence-corrected chi connectivity index (χ2v) is 7.59. The van der Waals surface area contributed by atoms with E-state index < -0.39 is 5.97 Å². The molecular weight excluding hydrogens is 364 g/mol. The number of rotatable bonds is 4. The van der Waals surface area contributed by atoms with E-state index in [-0.39, 0.29) is 0 Å². The summed E-state index contributed by atoms with van der Waals surface area (Å²) in [5, 5.41) is 2.85. The normalized spacial score (nSPS) is 11.0. The first-order valence-corrected chi connectivity index (χ1v) is 9.88. The van der Waals surface area contributed by atoms with E-state index in [1.54, 1.807) is 18.3 Å². The number of carbonyl (C=O) groups is 1. The molecule has 26 heavy (non-hydrogen) atoms. The quantitative estimate of drug-likeness (QED) is 0.478. The van der Waals surface area contributed by atoms with Gasteiger partial charge in [0.05, 0.1) is 18.0 Å². The van der Waals surface area contributed by atoms with E-state index in [1.165, 1.54) is 11.3 Å². The minimum absolute atomic E-state index is 0.312. The van der Waals surface area contributed by atoms with Crippen LogP contribution in [0.3, 0.4) is 0 Å². The lowest BCUT2D eigenvalue weighted by Gasteiger charge is -2.07. The van der Waals surface area contributed by atoms with Gasteiger partial charge in [0.25, 0.3) is 0 Å². The van der Waals surface area contributed by atoms with Crippen LogP contribution in [0.15, 0.2) is 53.9 Å². The third-order valence-corrected chi connectivity index (χ3v) is 6.00. The number of fused-ring (bicyclic) bond motifs is 1. The molecule has 2 N–H and O–H groups in total. The molecule has 4 nitrogen and oxygen atoms in total. The molecule has 3 aromatic heterocycles. The van der Waals surface area contributed by atoms with Crippen molar-refractivity contribution in [2.24, 2.45) is 0 Å². The first kappa shape index (κ1) is 16.8. The van der Waals surface area contributed by atoms with E-state index in [2.05, 4.69) is 6.07 Å².